The Bertz CT molecular complexity index is 225. The Labute approximate surface area is 125 Å². The van der Waals surface area contributed by atoms with E-state index in [1.807, 2.05) is 0 Å². The first-order chi connectivity index (χ1) is 9.79. The van der Waals surface area contributed by atoms with E-state index in [1.54, 1.807) is 7.11 Å². The van der Waals surface area contributed by atoms with Crippen LogP contribution < -0.4 is 5.32 Å². The van der Waals surface area contributed by atoms with Crippen molar-refractivity contribution in [3.8, 4) is 0 Å². The number of rotatable bonds is 10. The smallest absolute Gasteiger partial charge is 0.0834 e. The van der Waals surface area contributed by atoms with Gasteiger partial charge in [-0.05, 0) is 45.6 Å². The zero-order valence-corrected chi connectivity index (χ0v) is 13.9. The summed E-state index contributed by atoms with van der Waals surface area (Å²) in [6, 6.07) is 0.482. The summed E-state index contributed by atoms with van der Waals surface area (Å²) < 4.78 is 11.6. The molecule has 0 aromatic rings. The normalized spacial score (nSPS) is 20.6. The van der Waals surface area contributed by atoms with Gasteiger partial charge in [-0.15, -0.1) is 0 Å². The number of methoxy groups -OCH3 is 1. The maximum atomic E-state index is 6.34. The number of hydrogen-bond donors (Lipinski definition) is 1. The molecule has 120 valence electrons. The lowest BCUT2D eigenvalue weighted by Crippen LogP contribution is -2.52. The molecule has 3 nitrogen and oxygen atoms in total. The van der Waals surface area contributed by atoms with Crippen LogP contribution >= 0.6 is 0 Å². The van der Waals surface area contributed by atoms with E-state index in [1.165, 1.54) is 44.9 Å². The fourth-order valence-corrected chi connectivity index (χ4v) is 3.51. The van der Waals surface area contributed by atoms with Crippen molar-refractivity contribution in [2.75, 3.05) is 26.9 Å². The van der Waals surface area contributed by atoms with Gasteiger partial charge in [0.2, 0.25) is 0 Å². The number of ether oxygens (including phenoxy) is 2. The highest BCUT2D eigenvalue weighted by molar-refractivity contribution is 4.94. The van der Waals surface area contributed by atoms with Crippen LogP contribution in [0.1, 0.15) is 71.6 Å². The SMILES string of the molecule is CCCNC(CCCOC)C1(OCC)CCCCCC1. The van der Waals surface area contributed by atoms with Gasteiger partial charge in [0.15, 0.2) is 0 Å². The summed E-state index contributed by atoms with van der Waals surface area (Å²) in [5.41, 5.74) is 0.0637. The molecule has 0 radical (unpaired) electrons. The average molecular weight is 285 g/mol. The molecule has 0 saturated heterocycles. The highest BCUT2D eigenvalue weighted by Crippen LogP contribution is 2.35. The van der Waals surface area contributed by atoms with E-state index in [9.17, 15) is 0 Å². The molecular weight excluding hydrogens is 250 g/mol. The van der Waals surface area contributed by atoms with Crippen molar-refractivity contribution in [3.05, 3.63) is 0 Å². The van der Waals surface area contributed by atoms with Gasteiger partial charge < -0.3 is 14.8 Å². The third kappa shape index (κ3) is 5.71. The van der Waals surface area contributed by atoms with Crippen molar-refractivity contribution in [3.63, 3.8) is 0 Å². The lowest BCUT2D eigenvalue weighted by Gasteiger charge is -2.41. The summed E-state index contributed by atoms with van der Waals surface area (Å²) in [6.45, 7) is 7.14. The minimum Gasteiger partial charge on any atom is -0.385 e. The molecular formula is C17H35NO2. The van der Waals surface area contributed by atoms with Crippen molar-refractivity contribution >= 4 is 0 Å². The second-order valence-corrected chi connectivity index (χ2v) is 6.05. The first-order valence-corrected chi connectivity index (χ1v) is 8.65. The second-order valence-electron chi connectivity index (χ2n) is 6.05. The number of nitrogens with one attached hydrogen (secondary N) is 1. The van der Waals surface area contributed by atoms with E-state index in [0.29, 0.717) is 6.04 Å². The van der Waals surface area contributed by atoms with Gasteiger partial charge in [0.1, 0.15) is 0 Å². The van der Waals surface area contributed by atoms with Crippen molar-refractivity contribution < 1.29 is 9.47 Å². The van der Waals surface area contributed by atoms with Gasteiger partial charge in [-0.2, -0.15) is 0 Å². The van der Waals surface area contributed by atoms with Gasteiger partial charge >= 0.3 is 0 Å². The Balaban J connectivity index is 2.71. The third-order valence-electron chi connectivity index (χ3n) is 4.50. The monoisotopic (exact) mass is 285 g/mol. The van der Waals surface area contributed by atoms with Crippen LogP contribution in [-0.2, 0) is 9.47 Å². The fourth-order valence-electron chi connectivity index (χ4n) is 3.51. The molecule has 20 heavy (non-hydrogen) atoms. The molecule has 1 unspecified atom stereocenters. The molecule has 0 aliphatic heterocycles. The summed E-state index contributed by atoms with van der Waals surface area (Å²) in [5.74, 6) is 0. The van der Waals surface area contributed by atoms with Crippen LogP contribution in [0.5, 0.6) is 0 Å². The molecule has 1 rings (SSSR count). The van der Waals surface area contributed by atoms with E-state index in [-0.39, 0.29) is 5.60 Å². The molecule has 0 amide bonds. The lowest BCUT2D eigenvalue weighted by molar-refractivity contribution is -0.0795. The minimum atomic E-state index is 0.0637. The van der Waals surface area contributed by atoms with Gasteiger partial charge in [-0.1, -0.05) is 32.6 Å². The summed E-state index contributed by atoms with van der Waals surface area (Å²) in [5, 5.41) is 3.77. The predicted molar refractivity (Wildman–Crippen MR) is 85.3 cm³/mol. The molecule has 3 heteroatoms. The summed E-state index contributed by atoms with van der Waals surface area (Å²) in [4.78, 5) is 0. The van der Waals surface area contributed by atoms with Gasteiger partial charge in [0.05, 0.1) is 5.60 Å². The molecule has 1 aliphatic carbocycles. The predicted octanol–water partition coefficient (Wildman–Crippen LogP) is 3.91. The molecule has 0 aromatic carbocycles. The average Bonchev–Trinajstić information content (AvgIpc) is 2.69. The van der Waals surface area contributed by atoms with Crippen molar-refractivity contribution in [2.24, 2.45) is 0 Å². The molecule has 1 saturated carbocycles. The van der Waals surface area contributed by atoms with Gasteiger partial charge in [-0.25, -0.2) is 0 Å². The molecule has 0 aromatic heterocycles. The van der Waals surface area contributed by atoms with Gasteiger partial charge in [-0.3, -0.25) is 0 Å². The quantitative estimate of drug-likeness (QED) is 0.487. The molecule has 0 spiro atoms. The maximum absolute atomic E-state index is 6.34. The van der Waals surface area contributed by atoms with Crippen LogP contribution in [0.4, 0.5) is 0 Å². The Morgan fingerprint density at radius 1 is 1.10 bits per heavy atom. The molecule has 1 aliphatic rings. The van der Waals surface area contributed by atoms with Crippen LogP contribution in [0.25, 0.3) is 0 Å². The molecule has 0 bridgehead atoms. The highest BCUT2D eigenvalue weighted by atomic mass is 16.5. The number of hydrogen-bond acceptors (Lipinski definition) is 3. The van der Waals surface area contributed by atoms with Crippen molar-refractivity contribution in [1.29, 1.82) is 0 Å². The highest BCUT2D eigenvalue weighted by Gasteiger charge is 2.38. The molecule has 1 fully saturated rings. The zero-order chi connectivity index (χ0) is 14.7. The topological polar surface area (TPSA) is 30.5 Å². The Hall–Kier alpha value is -0.120. The molecule has 0 heterocycles. The first-order valence-electron chi connectivity index (χ1n) is 8.65. The van der Waals surface area contributed by atoms with Crippen LogP contribution in [0, 0.1) is 0 Å². The van der Waals surface area contributed by atoms with Crippen LogP contribution in [0.2, 0.25) is 0 Å². The largest absolute Gasteiger partial charge is 0.385 e. The summed E-state index contributed by atoms with van der Waals surface area (Å²) in [7, 11) is 1.79. The maximum Gasteiger partial charge on any atom is 0.0834 e. The van der Waals surface area contributed by atoms with E-state index < -0.39 is 0 Å². The van der Waals surface area contributed by atoms with Gasteiger partial charge in [0.25, 0.3) is 0 Å². The Morgan fingerprint density at radius 3 is 2.35 bits per heavy atom. The zero-order valence-electron chi connectivity index (χ0n) is 13.9. The third-order valence-corrected chi connectivity index (χ3v) is 4.50. The molecule has 1 N–H and O–H groups in total. The van der Waals surface area contributed by atoms with E-state index >= 15 is 0 Å². The standard InChI is InChI=1S/C17H35NO2/c1-4-14-18-16(11-10-15-19-3)17(20-5-2)12-8-6-7-9-13-17/h16,18H,4-15H2,1-3H3. The first kappa shape index (κ1) is 17.9. The minimum absolute atomic E-state index is 0.0637. The van der Waals surface area contributed by atoms with Crippen molar-refractivity contribution in [1.82, 2.24) is 5.32 Å². The van der Waals surface area contributed by atoms with Crippen LogP contribution in [0.15, 0.2) is 0 Å². The summed E-state index contributed by atoms with van der Waals surface area (Å²) >= 11 is 0. The van der Waals surface area contributed by atoms with E-state index in [4.69, 9.17) is 9.47 Å². The molecule has 1 atom stereocenters. The fraction of sp³-hybridized carbons (Fsp3) is 1.00. The van der Waals surface area contributed by atoms with E-state index in [2.05, 4.69) is 19.2 Å². The summed E-state index contributed by atoms with van der Waals surface area (Å²) in [6.07, 6.45) is 11.3. The van der Waals surface area contributed by atoms with Crippen molar-refractivity contribution in [2.45, 2.75) is 83.3 Å². The van der Waals surface area contributed by atoms with Crippen LogP contribution in [-0.4, -0.2) is 38.5 Å². The van der Waals surface area contributed by atoms with E-state index in [0.717, 1.165) is 32.6 Å². The Kier molecular flexibility index (Phi) is 9.49. The van der Waals surface area contributed by atoms with Gasteiger partial charge in [0, 0.05) is 26.4 Å². The lowest BCUT2D eigenvalue weighted by atomic mass is 9.83. The second kappa shape index (κ2) is 10.6. The van der Waals surface area contributed by atoms with Crippen LogP contribution in [0.3, 0.4) is 0 Å². The Morgan fingerprint density at radius 2 is 1.80 bits per heavy atom.